The number of likely N-dealkylation sites (tertiary alicyclic amines) is 1. The molecule has 0 saturated carbocycles. The Morgan fingerprint density at radius 1 is 0.923 bits per heavy atom. The first-order chi connectivity index (χ1) is 18.5. The largest absolute Gasteiger partial charge is 0.478 e. The Kier molecular flexibility index (Phi) is 8.38. The Labute approximate surface area is 229 Å². The number of ether oxygens (including phenoxy) is 2. The topological polar surface area (TPSA) is 93.1 Å². The van der Waals surface area contributed by atoms with Crippen molar-refractivity contribution in [3.63, 3.8) is 0 Å². The van der Waals surface area contributed by atoms with E-state index in [1.807, 2.05) is 62.4 Å². The standard InChI is InChI=1S/C32H35NO6/c1-21-17-23(18-22(2)29(21)39-32(3,4)30(35)36)15-16-25-19-33(31(37)38-26-13-9-6-10-14-26)20-27(25)28(34)24-11-7-5-8-12-24/h5-14,17-18,25,27H,15-16,19-20H2,1-4H3,(H,35,36)/t25-,27-/m0/s1. The number of Topliss-reactive ketones (excluding diaryl/α,β-unsaturated/α-hetero) is 1. The van der Waals surface area contributed by atoms with Crippen LogP contribution in [0.5, 0.6) is 11.5 Å². The summed E-state index contributed by atoms with van der Waals surface area (Å²) in [6.07, 6.45) is 0.955. The predicted molar refractivity (Wildman–Crippen MR) is 148 cm³/mol. The van der Waals surface area contributed by atoms with Gasteiger partial charge in [0.05, 0.1) is 0 Å². The van der Waals surface area contributed by atoms with Gasteiger partial charge in [-0.05, 0) is 75.3 Å². The number of hydrogen-bond donors (Lipinski definition) is 1. The van der Waals surface area contributed by atoms with E-state index in [0.717, 1.165) is 16.7 Å². The minimum absolute atomic E-state index is 0.0302. The van der Waals surface area contributed by atoms with Gasteiger partial charge in [-0.25, -0.2) is 9.59 Å². The second-order valence-electron chi connectivity index (χ2n) is 10.7. The number of para-hydroxylation sites is 1. The number of nitrogens with zero attached hydrogens (tertiary/aromatic N) is 1. The third-order valence-corrected chi connectivity index (χ3v) is 7.24. The fourth-order valence-corrected chi connectivity index (χ4v) is 5.08. The van der Waals surface area contributed by atoms with Crippen LogP contribution in [0.2, 0.25) is 0 Å². The van der Waals surface area contributed by atoms with E-state index in [2.05, 4.69) is 0 Å². The highest BCUT2D eigenvalue weighted by Crippen LogP contribution is 2.33. The zero-order valence-electron chi connectivity index (χ0n) is 22.8. The van der Waals surface area contributed by atoms with E-state index in [9.17, 15) is 19.5 Å². The van der Waals surface area contributed by atoms with Gasteiger partial charge < -0.3 is 19.5 Å². The number of rotatable bonds is 9. The maximum Gasteiger partial charge on any atom is 0.415 e. The highest BCUT2D eigenvalue weighted by molar-refractivity contribution is 5.98. The smallest absolute Gasteiger partial charge is 0.415 e. The van der Waals surface area contributed by atoms with E-state index in [1.165, 1.54) is 13.8 Å². The van der Waals surface area contributed by atoms with Gasteiger partial charge in [0.25, 0.3) is 0 Å². The molecule has 3 aromatic rings. The van der Waals surface area contributed by atoms with Crippen molar-refractivity contribution in [3.05, 3.63) is 95.1 Å². The lowest BCUT2D eigenvalue weighted by Gasteiger charge is -2.25. The molecule has 1 aliphatic rings. The average Bonchev–Trinajstić information content (AvgIpc) is 3.34. The summed E-state index contributed by atoms with van der Waals surface area (Å²) in [4.78, 5) is 39.6. The molecule has 2 atom stereocenters. The van der Waals surface area contributed by atoms with Crippen LogP contribution in [0.25, 0.3) is 0 Å². The second-order valence-corrected chi connectivity index (χ2v) is 10.7. The summed E-state index contributed by atoms with van der Waals surface area (Å²) < 4.78 is 11.4. The van der Waals surface area contributed by atoms with E-state index in [-0.39, 0.29) is 17.6 Å². The van der Waals surface area contributed by atoms with Crippen LogP contribution in [0.1, 0.15) is 47.3 Å². The Morgan fingerprint density at radius 2 is 1.51 bits per heavy atom. The molecule has 204 valence electrons. The summed E-state index contributed by atoms with van der Waals surface area (Å²) in [5.41, 5.74) is 2.08. The van der Waals surface area contributed by atoms with E-state index < -0.39 is 17.7 Å². The van der Waals surface area contributed by atoms with Gasteiger partial charge in [-0.3, -0.25) is 4.79 Å². The quantitative estimate of drug-likeness (QED) is 0.336. The van der Waals surface area contributed by atoms with Crippen molar-refractivity contribution >= 4 is 17.8 Å². The van der Waals surface area contributed by atoms with Crippen LogP contribution in [-0.2, 0) is 11.2 Å². The zero-order valence-corrected chi connectivity index (χ0v) is 22.8. The van der Waals surface area contributed by atoms with E-state index in [0.29, 0.717) is 43.0 Å². The molecule has 39 heavy (non-hydrogen) atoms. The molecule has 0 unspecified atom stereocenters. The first-order valence-corrected chi connectivity index (χ1v) is 13.2. The van der Waals surface area contributed by atoms with Gasteiger partial charge in [-0.2, -0.15) is 0 Å². The van der Waals surface area contributed by atoms with Gasteiger partial charge in [0, 0.05) is 24.6 Å². The molecule has 0 aromatic heterocycles. The van der Waals surface area contributed by atoms with Crippen LogP contribution < -0.4 is 9.47 Å². The minimum Gasteiger partial charge on any atom is -0.478 e. The fourth-order valence-electron chi connectivity index (χ4n) is 5.08. The maximum atomic E-state index is 13.5. The van der Waals surface area contributed by atoms with Crippen LogP contribution in [0.4, 0.5) is 4.79 Å². The number of carbonyl (C=O) groups excluding carboxylic acids is 2. The lowest BCUT2D eigenvalue weighted by molar-refractivity contribution is -0.152. The van der Waals surface area contributed by atoms with Crippen molar-refractivity contribution in [2.75, 3.05) is 13.1 Å². The fraction of sp³-hybridized carbons (Fsp3) is 0.344. The molecule has 7 heteroatoms. The minimum atomic E-state index is -1.34. The number of carboxylic acid groups (broad SMARTS) is 1. The van der Waals surface area contributed by atoms with Gasteiger partial charge in [-0.15, -0.1) is 0 Å². The lowest BCUT2D eigenvalue weighted by atomic mass is 9.84. The van der Waals surface area contributed by atoms with Gasteiger partial charge in [0.2, 0.25) is 0 Å². The SMILES string of the molecule is Cc1cc(CC[C@H]2CN(C(=O)Oc3ccccc3)C[C@@H]2C(=O)c2ccccc2)cc(C)c1OC(C)(C)C(=O)O. The van der Waals surface area contributed by atoms with Crippen molar-refractivity contribution in [1.82, 2.24) is 4.90 Å². The second kappa shape index (κ2) is 11.7. The summed E-state index contributed by atoms with van der Waals surface area (Å²) in [5, 5.41) is 9.45. The lowest BCUT2D eigenvalue weighted by Crippen LogP contribution is -2.38. The summed E-state index contributed by atoms with van der Waals surface area (Å²) in [6, 6.07) is 22.1. The third kappa shape index (κ3) is 6.66. The first kappa shape index (κ1) is 27.9. The van der Waals surface area contributed by atoms with Crippen molar-refractivity contribution in [1.29, 1.82) is 0 Å². The molecule has 0 bridgehead atoms. The predicted octanol–water partition coefficient (Wildman–Crippen LogP) is 6.11. The van der Waals surface area contributed by atoms with Gasteiger partial charge in [-0.1, -0.05) is 60.7 Å². The maximum absolute atomic E-state index is 13.5. The summed E-state index contributed by atoms with van der Waals surface area (Å²) in [5.74, 6) is -0.339. The molecule has 1 amide bonds. The molecule has 7 nitrogen and oxygen atoms in total. The Bertz CT molecular complexity index is 1310. The molecule has 0 radical (unpaired) electrons. The number of aryl methyl sites for hydroxylation is 3. The average molecular weight is 530 g/mol. The normalized spacial score (nSPS) is 17.1. The van der Waals surface area contributed by atoms with Crippen LogP contribution in [0.15, 0.2) is 72.8 Å². The van der Waals surface area contributed by atoms with Gasteiger partial charge in [0.1, 0.15) is 11.5 Å². The molecule has 0 spiro atoms. The summed E-state index contributed by atoms with van der Waals surface area (Å²) >= 11 is 0. The van der Waals surface area contributed by atoms with Crippen LogP contribution >= 0.6 is 0 Å². The number of hydrogen-bond acceptors (Lipinski definition) is 5. The zero-order chi connectivity index (χ0) is 28.2. The third-order valence-electron chi connectivity index (χ3n) is 7.24. The number of carboxylic acids is 1. The molecule has 4 rings (SSSR count). The first-order valence-electron chi connectivity index (χ1n) is 13.2. The van der Waals surface area contributed by atoms with E-state index >= 15 is 0 Å². The highest BCUT2D eigenvalue weighted by atomic mass is 16.6. The molecule has 3 aromatic carbocycles. The monoisotopic (exact) mass is 529 g/mol. The summed E-state index contributed by atoms with van der Waals surface area (Å²) in [7, 11) is 0. The number of carbonyl (C=O) groups is 3. The Balaban J connectivity index is 1.50. The number of ketones is 1. The van der Waals surface area contributed by atoms with Crippen molar-refractivity contribution in [3.8, 4) is 11.5 Å². The number of aliphatic carboxylic acids is 1. The van der Waals surface area contributed by atoms with Crippen molar-refractivity contribution in [2.24, 2.45) is 11.8 Å². The van der Waals surface area contributed by atoms with Crippen LogP contribution in [0, 0.1) is 25.7 Å². The molecule has 1 fully saturated rings. The molecule has 0 aliphatic carbocycles. The molecule has 1 heterocycles. The van der Waals surface area contributed by atoms with Crippen LogP contribution in [0.3, 0.4) is 0 Å². The summed E-state index contributed by atoms with van der Waals surface area (Å²) in [6.45, 7) is 7.60. The molecule has 1 N–H and O–H groups in total. The molecule has 1 saturated heterocycles. The number of amides is 1. The molecular weight excluding hydrogens is 494 g/mol. The van der Waals surface area contributed by atoms with Crippen LogP contribution in [-0.4, -0.2) is 46.5 Å². The van der Waals surface area contributed by atoms with Gasteiger partial charge in [0.15, 0.2) is 11.4 Å². The van der Waals surface area contributed by atoms with Crippen molar-refractivity contribution in [2.45, 2.75) is 46.1 Å². The Hall–Kier alpha value is -4.13. The van der Waals surface area contributed by atoms with Gasteiger partial charge >= 0.3 is 12.1 Å². The highest BCUT2D eigenvalue weighted by Gasteiger charge is 2.40. The molecule has 1 aliphatic heterocycles. The van der Waals surface area contributed by atoms with E-state index in [4.69, 9.17) is 9.47 Å². The molecular formula is C32H35NO6. The van der Waals surface area contributed by atoms with E-state index in [1.54, 1.807) is 29.2 Å². The Morgan fingerprint density at radius 3 is 2.10 bits per heavy atom. The number of benzene rings is 3. The van der Waals surface area contributed by atoms with Crippen molar-refractivity contribution < 1.29 is 29.0 Å².